The minimum atomic E-state index is 0.481. The lowest BCUT2D eigenvalue weighted by molar-refractivity contribution is 0.412. The fourth-order valence-electron chi connectivity index (χ4n) is 1.64. The van der Waals surface area contributed by atoms with Crippen molar-refractivity contribution in [3.05, 3.63) is 47.0 Å². The Hall–Kier alpha value is -1.87. The summed E-state index contributed by atoms with van der Waals surface area (Å²) in [5.41, 5.74) is 7.38. The van der Waals surface area contributed by atoms with Crippen molar-refractivity contribution in [2.24, 2.45) is 0 Å². The van der Waals surface area contributed by atoms with Crippen molar-refractivity contribution >= 4 is 17.3 Å². The van der Waals surface area contributed by atoms with Gasteiger partial charge in [0.05, 0.1) is 7.11 Å². The maximum Gasteiger partial charge on any atom is 0.154 e. The standard InChI is InChI=1S/C14H14ClNO2/c1-9-8-10(15)6-7-11(9)18-13-5-3-4-12(17-2)14(13)16/h3-8H,16H2,1-2H3. The topological polar surface area (TPSA) is 44.5 Å². The van der Waals surface area contributed by atoms with Gasteiger partial charge in [0.1, 0.15) is 17.2 Å². The van der Waals surface area contributed by atoms with E-state index in [4.69, 9.17) is 26.8 Å². The number of nitrogen functional groups attached to an aromatic ring is 1. The summed E-state index contributed by atoms with van der Waals surface area (Å²) >= 11 is 5.90. The fraction of sp³-hybridized carbons (Fsp3) is 0.143. The molecule has 0 spiro atoms. The molecule has 3 nitrogen and oxygen atoms in total. The Morgan fingerprint density at radius 2 is 1.78 bits per heavy atom. The number of ether oxygens (including phenoxy) is 2. The molecule has 2 N–H and O–H groups in total. The average molecular weight is 264 g/mol. The van der Waals surface area contributed by atoms with Crippen LogP contribution in [0.25, 0.3) is 0 Å². The number of hydrogen-bond acceptors (Lipinski definition) is 3. The predicted molar refractivity (Wildman–Crippen MR) is 73.7 cm³/mol. The Balaban J connectivity index is 2.34. The van der Waals surface area contributed by atoms with Crippen LogP contribution in [0.1, 0.15) is 5.56 Å². The Bertz CT molecular complexity index is 570. The maximum absolute atomic E-state index is 5.95. The molecule has 0 unspecified atom stereocenters. The second-order valence-corrected chi connectivity index (χ2v) is 4.32. The minimum absolute atomic E-state index is 0.481. The molecule has 0 saturated carbocycles. The molecule has 94 valence electrons. The van der Waals surface area contributed by atoms with E-state index in [-0.39, 0.29) is 0 Å². The van der Waals surface area contributed by atoms with Gasteiger partial charge >= 0.3 is 0 Å². The summed E-state index contributed by atoms with van der Waals surface area (Å²) < 4.78 is 10.9. The normalized spacial score (nSPS) is 10.2. The summed E-state index contributed by atoms with van der Waals surface area (Å²) in [6, 6.07) is 10.8. The summed E-state index contributed by atoms with van der Waals surface area (Å²) in [4.78, 5) is 0. The fourth-order valence-corrected chi connectivity index (χ4v) is 1.86. The van der Waals surface area contributed by atoms with E-state index in [1.807, 2.05) is 25.1 Å². The highest BCUT2D eigenvalue weighted by molar-refractivity contribution is 6.30. The van der Waals surface area contributed by atoms with Gasteiger partial charge in [-0.1, -0.05) is 17.7 Å². The Labute approximate surface area is 111 Å². The molecular weight excluding hydrogens is 250 g/mol. The SMILES string of the molecule is COc1cccc(Oc2ccc(Cl)cc2C)c1N. The highest BCUT2D eigenvalue weighted by Gasteiger charge is 2.08. The van der Waals surface area contributed by atoms with Gasteiger partial charge in [-0.15, -0.1) is 0 Å². The second kappa shape index (κ2) is 5.19. The molecular formula is C14H14ClNO2. The molecule has 0 fully saturated rings. The number of anilines is 1. The van der Waals surface area contributed by atoms with Gasteiger partial charge in [0, 0.05) is 5.02 Å². The second-order valence-electron chi connectivity index (χ2n) is 3.88. The zero-order chi connectivity index (χ0) is 13.1. The lowest BCUT2D eigenvalue weighted by Gasteiger charge is -2.12. The van der Waals surface area contributed by atoms with Crippen LogP contribution >= 0.6 is 11.6 Å². The molecule has 0 amide bonds. The first-order valence-corrected chi connectivity index (χ1v) is 5.86. The number of halogens is 1. The summed E-state index contributed by atoms with van der Waals surface area (Å²) in [5, 5.41) is 0.679. The number of rotatable bonds is 3. The van der Waals surface area contributed by atoms with Gasteiger partial charge < -0.3 is 15.2 Å². The Morgan fingerprint density at radius 1 is 1.06 bits per heavy atom. The van der Waals surface area contributed by atoms with Crippen molar-refractivity contribution in [2.75, 3.05) is 12.8 Å². The molecule has 18 heavy (non-hydrogen) atoms. The first kappa shape index (κ1) is 12.6. The summed E-state index contributed by atoms with van der Waals surface area (Å²) in [5.74, 6) is 1.89. The first-order valence-electron chi connectivity index (χ1n) is 5.48. The molecule has 0 atom stereocenters. The molecule has 0 aliphatic heterocycles. The monoisotopic (exact) mass is 263 g/mol. The summed E-state index contributed by atoms with van der Waals surface area (Å²) in [6.45, 7) is 1.93. The number of para-hydroxylation sites is 1. The van der Waals surface area contributed by atoms with E-state index in [9.17, 15) is 0 Å². The van der Waals surface area contributed by atoms with E-state index in [1.54, 1.807) is 25.3 Å². The minimum Gasteiger partial charge on any atom is -0.494 e. The van der Waals surface area contributed by atoms with Crippen LogP contribution in [-0.4, -0.2) is 7.11 Å². The van der Waals surface area contributed by atoms with Gasteiger partial charge in [0.2, 0.25) is 0 Å². The van der Waals surface area contributed by atoms with Crippen molar-refractivity contribution in [2.45, 2.75) is 6.92 Å². The van der Waals surface area contributed by atoms with Crippen molar-refractivity contribution in [1.82, 2.24) is 0 Å². The highest BCUT2D eigenvalue weighted by Crippen LogP contribution is 2.35. The van der Waals surface area contributed by atoms with Gasteiger partial charge in [0.25, 0.3) is 0 Å². The van der Waals surface area contributed by atoms with Gasteiger partial charge in [-0.3, -0.25) is 0 Å². The third-order valence-electron chi connectivity index (χ3n) is 2.60. The average Bonchev–Trinajstić information content (AvgIpc) is 2.35. The molecule has 0 aliphatic rings. The van der Waals surface area contributed by atoms with Crippen molar-refractivity contribution in [1.29, 1.82) is 0 Å². The Morgan fingerprint density at radius 3 is 2.44 bits per heavy atom. The van der Waals surface area contributed by atoms with Gasteiger partial charge in [0.15, 0.2) is 5.75 Å². The third kappa shape index (κ3) is 2.51. The van der Waals surface area contributed by atoms with Crippen molar-refractivity contribution in [3.8, 4) is 17.2 Å². The van der Waals surface area contributed by atoms with Crippen molar-refractivity contribution in [3.63, 3.8) is 0 Å². The van der Waals surface area contributed by atoms with Crippen LogP contribution < -0.4 is 15.2 Å². The van der Waals surface area contributed by atoms with Gasteiger partial charge in [-0.25, -0.2) is 0 Å². The maximum atomic E-state index is 5.95. The predicted octanol–water partition coefficient (Wildman–Crippen LogP) is 4.03. The van der Waals surface area contributed by atoms with Crippen LogP contribution in [0.3, 0.4) is 0 Å². The van der Waals surface area contributed by atoms with E-state index >= 15 is 0 Å². The number of methoxy groups -OCH3 is 1. The summed E-state index contributed by atoms with van der Waals surface area (Å²) in [6.07, 6.45) is 0. The first-order chi connectivity index (χ1) is 8.61. The van der Waals surface area contributed by atoms with E-state index in [2.05, 4.69) is 0 Å². The molecule has 0 aliphatic carbocycles. The van der Waals surface area contributed by atoms with E-state index in [0.29, 0.717) is 22.2 Å². The van der Waals surface area contributed by atoms with E-state index in [0.717, 1.165) is 11.3 Å². The van der Waals surface area contributed by atoms with Gasteiger partial charge in [-0.05, 0) is 42.8 Å². The smallest absolute Gasteiger partial charge is 0.154 e. The largest absolute Gasteiger partial charge is 0.494 e. The molecule has 2 aromatic rings. The van der Waals surface area contributed by atoms with Gasteiger partial charge in [-0.2, -0.15) is 0 Å². The van der Waals surface area contributed by atoms with Crippen LogP contribution in [0.4, 0.5) is 5.69 Å². The summed E-state index contributed by atoms with van der Waals surface area (Å²) in [7, 11) is 1.57. The van der Waals surface area contributed by atoms with Crippen LogP contribution in [-0.2, 0) is 0 Å². The van der Waals surface area contributed by atoms with Crippen LogP contribution in [0.15, 0.2) is 36.4 Å². The highest BCUT2D eigenvalue weighted by atomic mass is 35.5. The van der Waals surface area contributed by atoms with Crippen molar-refractivity contribution < 1.29 is 9.47 Å². The number of nitrogens with two attached hydrogens (primary N) is 1. The molecule has 2 rings (SSSR count). The van der Waals surface area contributed by atoms with Crippen LogP contribution in [0.5, 0.6) is 17.2 Å². The Kier molecular flexibility index (Phi) is 3.63. The van der Waals surface area contributed by atoms with E-state index < -0.39 is 0 Å². The number of hydrogen-bond donors (Lipinski definition) is 1. The molecule has 0 radical (unpaired) electrons. The molecule has 0 heterocycles. The van der Waals surface area contributed by atoms with Crippen LogP contribution in [0.2, 0.25) is 5.02 Å². The molecule has 0 saturated heterocycles. The molecule has 4 heteroatoms. The van der Waals surface area contributed by atoms with Crippen LogP contribution in [0, 0.1) is 6.92 Å². The number of aryl methyl sites for hydroxylation is 1. The third-order valence-corrected chi connectivity index (χ3v) is 2.84. The molecule has 2 aromatic carbocycles. The number of benzene rings is 2. The zero-order valence-electron chi connectivity index (χ0n) is 10.2. The lowest BCUT2D eigenvalue weighted by Crippen LogP contribution is -1.96. The quantitative estimate of drug-likeness (QED) is 0.851. The lowest BCUT2D eigenvalue weighted by atomic mass is 10.2. The zero-order valence-corrected chi connectivity index (χ0v) is 11.0. The molecule has 0 bridgehead atoms. The molecule has 0 aromatic heterocycles. The van der Waals surface area contributed by atoms with E-state index in [1.165, 1.54) is 0 Å².